The van der Waals surface area contributed by atoms with Crippen molar-refractivity contribution in [3.63, 3.8) is 0 Å². The molecule has 0 saturated carbocycles. The maximum Gasteiger partial charge on any atom is 0.124 e. The first-order valence-corrected chi connectivity index (χ1v) is 7.59. The molecule has 1 atom stereocenters. The van der Waals surface area contributed by atoms with Crippen molar-refractivity contribution in [2.75, 3.05) is 32.7 Å². The Hall–Kier alpha value is -1.13. The highest BCUT2D eigenvalue weighted by Gasteiger charge is 2.31. The van der Waals surface area contributed by atoms with E-state index in [-0.39, 0.29) is 11.9 Å². The van der Waals surface area contributed by atoms with Crippen LogP contribution in [0.1, 0.15) is 19.8 Å². The predicted octanol–water partition coefficient (Wildman–Crippen LogP) is 2.37. The second kappa shape index (κ2) is 6.10. The molecule has 2 saturated heterocycles. The first kappa shape index (κ1) is 13.8. The Morgan fingerprint density at radius 2 is 1.85 bits per heavy atom. The summed E-state index contributed by atoms with van der Waals surface area (Å²) in [5.74, 6) is 0.552. The molecule has 1 aromatic rings. The quantitative estimate of drug-likeness (QED) is 0.822. The Balaban J connectivity index is 1.39. The minimum atomic E-state index is -0.216. The van der Waals surface area contributed by atoms with Crippen molar-refractivity contribution in [1.29, 1.82) is 0 Å². The minimum Gasteiger partial charge on any atom is -0.488 e. The zero-order chi connectivity index (χ0) is 13.9. The van der Waals surface area contributed by atoms with Gasteiger partial charge < -0.3 is 4.74 Å². The Labute approximate surface area is 120 Å². The molecule has 0 aliphatic carbocycles. The number of hydrogen-bond donors (Lipinski definition) is 0. The summed E-state index contributed by atoms with van der Waals surface area (Å²) in [6, 6.07) is 6.93. The van der Waals surface area contributed by atoms with E-state index in [4.69, 9.17) is 4.74 Å². The lowest BCUT2D eigenvalue weighted by molar-refractivity contribution is 0.00559. The molecule has 0 unspecified atom stereocenters. The van der Waals surface area contributed by atoms with Crippen LogP contribution in [0.15, 0.2) is 24.3 Å². The smallest absolute Gasteiger partial charge is 0.124 e. The summed E-state index contributed by atoms with van der Waals surface area (Å²) in [6.45, 7) is 7.92. The molecule has 4 heteroatoms. The van der Waals surface area contributed by atoms with Gasteiger partial charge in [0, 0.05) is 25.7 Å². The molecule has 20 heavy (non-hydrogen) atoms. The van der Waals surface area contributed by atoms with Crippen LogP contribution in [0.3, 0.4) is 0 Å². The van der Waals surface area contributed by atoms with Gasteiger partial charge >= 0.3 is 0 Å². The van der Waals surface area contributed by atoms with Crippen LogP contribution >= 0.6 is 0 Å². The Bertz CT molecular complexity index is 425. The van der Waals surface area contributed by atoms with Gasteiger partial charge in [0.05, 0.1) is 0 Å². The zero-order valence-corrected chi connectivity index (χ0v) is 12.1. The van der Waals surface area contributed by atoms with Crippen LogP contribution in [-0.4, -0.2) is 54.7 Å². The maximum absolute atomic E-state index is 12.8. The minimum absolute atomic E-state index is 0.216. The van der Waals surface area contributed by atoms with Crippen molar-refractivity contribution in [3.05, 3.63) is 30.1 Å². The highest BCUT2D eigenvalue weighted by atomic mass is 19.1. The number of likely N-dealkylation sites (tertiary alicyclic amines) is 2. The summed E-state index contributed by atoms with van der Waals surface area (Å²) in [5.41, 5.74) is 0. The molecular formula is C16H23FN2O. The van der Waals surface area contributed by atoms with Crippen LogP contribution in [0.2, 0.25) is 0 Å². The third-order valence-corrected chi connectivity index (χ3v) is 4.33. The average molecular weight is 278 g/mol. The Morgan fingerprint density at radius 1 is 1.20 bits per heavy atom. The van der Waals surface area contributed by atoms with E-state index in [1.165, 1.54) is 38.1 Å². The summed E-state index contributed by atoms with van der Waals surface area (Å²) in [5, 5.41) is 0. The summed E-state index contributed by atoms with van der Waals surface area (Å²) in [6.07, 6.45) is 2.95. The first-order valence-electron chi connectivity index (χ1n) is 7.59. The lowest BCUT2D eigenvalue weighted by atomic mass is 10.1. The number of nitrogens with zero attached hydrogens (tertiary/aromatic N) is 2. The highest BCUT2D eigenvalue weighted by Crippen LogP contribution is 2.20. The third kappa shape index (κ3) is 3.30. The molecule has 2 fully saturated rings. The zero-order valence-electron chi connectivity index (χ0n) is 12.1. The second-order valence-electron chi connectivity index (χ2n) is 6.00. The molecule has 0 amide bonds. The van der Waals surface area contributed by atoms with Gasteiger partial charge in [-0.3, -0.25) is 9.80 Å². The predicted molar refractivity (Wildman–Crippen MR) is 77.5 cm³/mol. The molecule has 2 aliphatic rings. The van der Waals surface area contributed by atoms with Gasteiger partial charge in [0.2, 0.25) is 0 Å². The van der Waals surface area contributed by atoms with Crippen molar-refractivity contribution in [1.82, 2.24) is 9.80 Å². The fourth-order valence-corrected chi connectivity index (χ4v) is 3.12. The van der Waals surface area contributed by atoms with E-state index in [0.29, 0.717) is 6.04 Å². The van der Waals surface area contributed by atoms with Crippen molar-refractivity contribution in [2.24, 2.45) is 0 Å². The number of rotatable bonds is 5. The van der Waals surface area contributed by atoms with Crippen molar-refractivity contribution < 1.29 is 9.13 Å². The molecule has 0 aromatic heterocycles. The molecule has 0 N–H and O–H groups in total. The maximum atomic E-state index is 12.8. The topological polar surface area (TPSA) is 15.7 Å². The van der Waals surface area contributed by atoms with Crippen molar-refractivity contribution in [2.45, 2.75) is 31.9 Å². The summed E-state index contributed by atoms with van der Waals surface area (Å²) < 4.78 is 18.6. The Kier molecular flexibility index (Phi) is 4.22. The second-order valence-corrected chi connectivity index (χ2v) is 6.00. The first-order chi connectivity index (χ1) is 9.70. The molecule has 3 nitrogen and oxygen atoms in total. The lowest BCUT2D eigenvalue weighted by Gasteiger charge is -2.41. The normalized spacial score (nSPS) is 22.7. The Morgan fingerprint density at radius 3 is 2.50 bits per heavy atom. The van der Waals surface area contributed by atoms with Crippen LogP contribution in [0.5, 0.6) is 5.75 Å². The van der Waals surface area contributed by atoms with Crippen molar-refractivity contribution >= 4 is 0 Å². The standard InChI is InChI=1S/C16H23FN2O/c1-13(19-8-2-3-9-19)10-18-11-16(12-18)20-15-6-4-14(17)5-7-15/h4-7,13,16H,2-3,8-12H2,1H3/t13-/m0/s1. The van der Waals surface area contributed by atoms with Gasteiger partial charge in [-0.1, -0.05) is 0 Å². The van der Waals surface area contributed by atoms with Crippen LogP contribution < -0.4 is 4.74 Å². The summed E-state index contributed by atoms with van der Waals surface area (Å²) >= 11 is 0. The van der Waals surface area contributed by atoms with E-state index >= 15 is 0 Å². The average Bonchev–Trinajstić information content (AvgIpc) is 2.92. The van der Waals surface area contributed by atoms with Gasteiger partial charge in [-0.15, -0.1) is 0 Å². The van der Waals surface area contributed by atoms with E-state index in [9.17, 15) is 4.39 Å². The summed E-state index contributed by atoms with van der Waals surface area (Å²) in [4.78, 5) is 5.02. The fourth-order valence-electron chi connectivity index (χ4n) is 3.12. The molecule has 2 aliphatic heterocycles. The van der Waals surface area contributed by atoms with E-state index in [1.807, 2.05) is 0 Å². The van der Waals surface area contributed by atoms with E-state index in [1.54, 1.807) is 12.1 Å². The van der Waals surface area contributed by atoms with E-state index in [0.717, 1.165) is 25.4 Å². The van der Waals surface area contributed by atoms with Crippen molar-refractivity contribution in [3.8, 4) is 5.75 Å². The van der Waals surface area contributed by atoms with Crippen LogP contribution in [0.4, 0.5) is 4.39 Å². The number of hydrogen-bond acceptors (Lipinski definition) is 3. The monoisotopic (exact) mass is 278 g/mol. The highest BCUT2D eigenvalue weighted by molar-refractivity contribution is 5.22. The van der Waals surface area contributed by atoms with E-state index in [2.05, 4.69) is 16.7 Å². The molecular weight excluding hydrogens is 255 g/mol. The van der Waals surface area contributed by atoms with Gasteiger partial charge in [-0.05, 0) is 57.1 Å². The lowest BCUT2D eigenvalue weighted by Crippen LogP contribution is -2.57. The molecule has 0 spiro atoms. The molecule has 0 radical (unpaired) electrons. The van der Waals surface area contributed by atoms with E-state index < -0.39 is 0 Å². The fraction of sp³-hybridized carbons (Fsp3) is 0.625. The molecule has 2 heterocycles. The number of benzene rings is 1. The summed E-state index contributed by atoms with van der Waals surface area (Å²) in [7, 11) is 0. The molecule has 0 bridgehead atoms. The largest absolute Gasteiger partial charge is 0.488 e. The van der Waals surface area contributed by atoms with Gasteiger partial charge in [0.25, 0.3) is 0 Å². The van der Waals surface area contributed by atoms with Gasteiger partial charge in [0.1, 0.15) is 17.7 Å². The number of ether oxygens (including phenoxy) is 1. The van der Waals surface area contributed by atoms with Crippen LogP contribution in [0, 0.1) is 5.82 Å². The number of halogens is 1. The van der Waals surface area contributed by atoms with Crippen LogP contribution in [-0.2, 0) is 0 Å². The molecule has 1 aromatic carbocycles. The SMILES string of the molecule is C[C@@H](CN1CC(Oc2ccc(F)cc2)C1)N1CCCC1. The van der Waals surface area contributed by atoms with Gasteiger partial charge in [-0.2, -0.15) is 0 Å². The third-order valence-electron chi connectivity index (χ3n) is 4.33. The van der Waals surface area contributed by atoms with Gasteiger partial charge in [-0.25, -0.2) is 4.39 Å². The molecule has 110 valence electrons. The molecule has 3 rings (SSSR count). The van der Waals surface area contributed by atoms with Crippen LogP contribution in [0.25, 0.3) is 0 Å². The van der Waals surface area contributed by atoms with Gasteiger partial charge in [0.15, 0.2) is 0 Å².